The Balaban J connectivity index is 0.728. The Hall–Kier alpha value is -8.06. The van der Waals surface area contributed by atoms with Crippen LogP contribution in [0.25, 0.3) is 33.4 Å². The zero-order chi connectivity index (χ0) is 68.9. The van der Waals surface area contributed by atoms with Crippen LogP contribution in [0.1, 0.15) is 80.7 Å². The Labute approximate surface area is 568 Å². The number of esters is 1. The minimum absolute atomic E-state index is 0.0117. The third-order valence-electron chi connectivity index (χ3n) is 16.4. The molecule has 6 amide bonds. The predicted octanol–water partition coefficient (Wildman–Crippen LogP) is 4.83. The van der Waals surface area contributed by atoms with Gasteiger partial charge in [-0.1, -0.05) is 87.5 Å². The van der Waals surface area contributed by atoms with E-state index in [0.29, 0.717) is 96.4 Å². The molecule has 0 radical (unpaired) electrons. The number of methoxy groups -OCH3 is 1. The summed E-state index contributed by atoms with van der Waals surface area (Å²) in [6.45, 7) is 12.8. The number of nitrogens with one attached hydrogen (secondary N) is 6. The standard InChI is InChI=1S/C69H90N8O19S/c1-6-69(55-40-58-61-48(39-47-13-7-12-18-56(47)74-61)41-77(58)65(82)54(55)43-94-66(69)83)96-67(84)71-22-38-97-44-72-62(79)46(4)73-64(81)60(45(2)3)76-59(78)20-19-57(75-68(85)95-42-53-51-16-10-8-14-49(51)50-15-9-11-17-52(50)53)63(80)70-21-23-87-26-27-89-30-31-91-34-35-93-37-36-92-33-32-90-29-28-88-25-24-86-5/h7-18,39-40,45-46,53,57,60H,6,19-38,41-44H2,1-5H3,(H,70,80)(H,71,84)(H,72,79)(H,73,81)(H,75,85)(H,76,78)/t46-,57-,60-,69-/m0/s1. The van der Waals surface area contributed by atoms with Crippen LogP contribution < -0.4 is 37.5 Å². The molecule has 27 nitrogen and oxygen atoms in total. The summed E-state index contributed by atoms with van der Waals surface area (Å²) in [5.74, 6) is -3.40. The highest BCUT2D eigenvalue weighted by molar-refractivity contribution is 7.99. The number of alkyl carbamates (subject to hydrolysis) is 2. The van der Waals surface area contributed by atoms with Gasteiger partial charge in [-0.05, 0) is 66.1 Å². The molecule has 0 saturated carbocycles. The first-order valence-electron chi connectivity index (χ1n) is 32.8. The smallest absolute Gasteiger partial charge is 0.408 e. The number of cyclic esters (lactones) is 1. The molecule has 4 atom stereocenters. The van der Waals surface area contributed by atoms with Gasteiger partial charge in [0.05, 0.1) is 134 Å². The van der Waals surface area contributed by atoms with E-state index >= 15 is 0 Å². The summed E-state index contributed by atoms with van der Waals surface area (Å²) >= 11 is 1.26. The average Bonchev–Trinajstić information content (AvgIpc) is 1.69. The molecule has 0 fully saturated rings. The zero-order valence-corrected chi connectivity index (χ0v) is 56.5. The monoisotopic (exact) mass is 1370 g/mol. The van der Waals surface area contributed by atoms with E-state index < -0.39 is 71.4 Å². The minimum Gasteiger partial charge on any atom is -0.457 e. The second-order valence-corrected chi connectivity index (χ2v) is 24.4. The summed E-state index contributed by atoms with van der Waals surface area (Å²) in [6.07, 6.45) is -2.24. The molecule has 6 N–H and O–H groups in total. The van der Waals surface area contributed by atoms with E-state index in [1.807, 2.05) is 78.9 Å². The lowest BCUT2D eigenvalue weighted by atomic mass is 9.85. The molecule has 1 aliphatic carbocycles. The quantitative estimate of drug-likeness (QED) is 0.0129. The Morgan fingerprint density at radius 2 is 1.25 bits per heavy atom. The molecule has 5 aromatic rings. The Morgan fingerprint density at radius 1 is 0.660 bits per heavy atom. The van der Waals surface area contributed by atoms with Gasteiger partial charge >= 0.3 is 18.2 Å². The molecule has 8 rings (SSSR count). The fourth-order valence-electron chi connectivity index (χ4n) is 11.3. The van der Waals surface area contributed by atoms with Gasteiger partial charge in [-0.25, -0.2) is 19.4 Å². The van der Waals surface area contributed by atoms with Crippen molar-refractivity contribution in [3.63, 3.8) is 0 Å². The van der Waals surface area contributed by atoms with Crippen LogP contribution in [0.2, 0.25) is 0 Å². The van der Waals surface area contributed by atoms with Crippen molar-refractivity contribution in [2.45, 2.75) is 89.8 Å². The average molecular weight is 1370 g/mol. The second kappa shape index (κ2) is 38.8. The molecule has 3 aromatic carbocycles. The maximum Gasteiger partial charge on any atom is 0.408 e. The van der Waals surface area contributed by atoms with Gasteiger partial charge < -0.3 is 88.6 Å². The number of hydrogen-bond donors (Lipinski definition) is 6. The number of fused-ring (bicyclic) bond motifs is 8. The zero-order valence-electron chi connectivity index (χ0n) is 55.7. The first-order valence-corrected chi connectivity index (χ1v) is 34.0. The van der Waals surface area contributed by atoms with E-state index in [1.165, 1.54) is 18.7 Å². The maximum absolute atomic E-state index is 13.9. The number of rotatable bonds is 43. The number of carbonyl (C=O) groups excluding carboxylic acids is 7. The van der Waals surface area contributed by atoms with Crippen molar-refractivity contribution in [1.29, 1.82) is 0 Å². The maximum atomic E-state index is 13.9. The number of hydrogen-bond acceptors (Lipinski definition) is 21. The number of carbonyl (C=O) groups is 7. The third-order valence-corrected chi connectivity index (χ3v) is 17.2. The summed E-state index contributed by atoms with van der Waals surface area (Å²) in [5, 5.41) is 17.1. The van der Waals surface area contributed by atoms with E-state index in [2.05, 4.69) is 31.9 Å². The summed E-state index contributed by atoms with van der Waals surface area (Å²) in [7, 11) is 1.62. The molecule has 0 saturated heterocycles. The molecule has 0 bridgehead atoms. The Morgan fingerprint density at radius 3 is 1.86 bits per heavy atom. The normalized spacial score (nSPS) is 15.2. The number of aromatic nitrogens is 2. The summed E-state index contributed by atoms with van der Waals surface area (Å²) in [5.41, 5.74) is 5.01. The summed E-state index contributed by atoms with van der Waals surface area (Å²) < 4.78 is 62.2. The molecule has 97 heavy (non-hydrogen) atoms. The predicted molar refractivity (Wildman–Crippen MR) is 358 cm³/mol. The van der Waals surface area contributed by atoms with Crippen molar-refractivity contribution < 1.29 is 85.7 Å². The van der Waals surface area contributed by atoms with Gasteiger partial charge in [0.25, 0.3) is 5.56 Å². The molecule has 2 aliphatic heterocycles. The van der Waals surface area contributed by atoms with Gasteiger partial charge in [0.15, 0.2) is 0 Å². The van der Waals surface area contributed by atoms with E-state index in [-0.39, 0.29) is 100 Å². The van der Waals surface area contributed by atoms with E-state index in [9.17, 15) is 38.4 Å². The van der Waals surface area contributed by atoms with Crippen LogP contribution in [0.3, 0.4) is 0 Å². The minimum atomic E-state index is -1.90. The van der Waals surface area contributed by atoms with Crippen LogP contribution in [0.4, 0.5) is 9.59 Å². The SMILES string of the molecule is CC[C@@]1(OC(=O)NCCSCNC(=O)[C@H](C)NC(=O)[C@@H](NC(=O)CC[C@H](NC(=O)OCC2c3ccccc3-c3ccccc32)C(=O)NCCOCCOCCOCCOCCOCCOCCOCCOC)C(C)C)C(=O)OCc2c1cc1n(c2=O)Cc2cc3ccccc3nc2-1. The lowest BCUT2D eigenvalue weighted by molar-refractivity contribution is -0.172. The van der Waals surface area contributed by atoms with E-state index in [4.69, 9.17) is 57.1 Å². The first-order chi connectivity index (χ1) is 47.1. The van der Waals surface area contributed by atoms with Crippen molar-refractivity contribution in [1.82, 2.24) is 41.5 Å². The largest absolute Gasteiger partial charge is 0.457 e. The van der Waals surface area contributed by atoms with Crippen LogP contribution in [0.15, 0.2) is 89.7 Å². The lowest BCUT2D eigenvalue weighted by Crippen LogP contribution is -2.54. The number of thioether (sulfide) groups is 1. The van der Waals surface area contributed by atoms with Crippen molar-refractivity contribution >= 4 is 64.4 Å². The van der Waals surface area contributed by atoms with Crippen molar-refractivity contribution in [3.05, 3.63) is 123 Å². The summed E-state index contributed by atoms with van der Waals surface area (Å²) in [6, 6.07) is 23.7. The molecule has 28 heteroatoms. The van der Waals surface area contributed by atoms with Gasteiger partial charge in [0, 0.05) is 54.8 Å². The van der Waals surface area contributed by atoms with Crippen LogP contribution in [0, 0.1) is 5.92 Å². The van der Waals surface area contributed by atoms with Gasteiger partial charge in [0.1, 0.15) is 31.3 Å². The van der Waals surface area contributed by atoms with Crippen molar-refractivity contribution in [3.8, 4) is 22.5 Å². The van der Waals surface area contributed by atoms with Crippen LogP contribution in [-0.2, 0) is 94.8 Å². The number of para-hydroxylation sites is 1. The molecule has 0 unspecified atom stereocenters. The fraction of sp³-hybridized carbons (Fsp3) is 0.522. The molecule has 2 aromatic heterocycles. The highest BCUT2D eigenvalue weighted by Crippen LogP contribution is 2.45. The fourth-order valence-corrected chi connectivity index (χ4v) is 11.9. The molecule has 3 aliphatic rings. The van der Waals surface area contributed by atoms with Crippen LogP contribution in [0.5, 0.6) is 0 Å². The van der Waals surface area contributed by atoms with Gasteiger partial charge in [-0.2, -0.15) is 0 Å². The Kier molecular flexibility index (Phi) is 29.9. The van der Waals surface area contributed by atoms with Gasteiger partial charge in [-0.3, -0.25) is 24.0 Å². The lowest BCUT2D eigenvalue weighted by Gasteiger charge is -2.35. The van der Waals surface area contributed by atoms with Crippen molar-refractivity contribution in [2.75, 3.05) is 138 Å². The number of pyridine rings is 2. The number of ether oxygens (including phenoxy) is 11. The Bertz CT molecular complexity index is 3470. The third kappa shape index (κ3) is 21.2. The van der Waals surface area contributed by atoms with Crippen LogP contribution >= 0.6 is 11.8 Å². The topological polar surface area (TPSA) is 328 Å². The number of nitrogens with zero attached hydrogens (tertiary/aromatic N) is 2. The van der Waals surface area contributed by atoms with Crippen molar-refractivity contribution in [2.24, 2.45) is 5.92 Å². The first kappa shape index (κ1) is 74.7. The molecule has 526 valence electrons. The molecular weight excluding hydrogens is 1280 g/mol. The van der Waals surface area contributed by atoms with E-state index in [1.54, 1.807) is 38.5 Å². The highest BCUT2D eigenvalue weighted by atomic mass is 32.2. The van der Waals surface area contributed by atoms with Crippen LogP contribution in [-0.4, -0.2) is 207 Å². The van der Waals surface area contributed by atoms with Gasteiger partial charge in [0.2, 0.25) is 29.2 Å². The molecular formula is C69H90N8O19S. The number of benzene rings is 3. The second-order valence-electron chi connectivity index (χ2n) is 23.3. The molecule has 4 heterocycles. The molecule has 0 spiro atoms. The summed E-state index contributed by atoms with van der Waals surface area (Å²) in [4.78, 5) is 113. The number of amides is 6. The van der Waals surface area contributed by atoms with Gasteiger partial charge in [-0.15, -0.1) is 11.8 Å². The highest BCUT2D eigenvalue weighted by Gasteiger charge is 2.50. The van der Waals surface area contributed by atoms with E-state index in [0.717, 1.165) is 38.7 Å².